The van der Waals surface area contributed by atoms with Crippen LogP contribution in [0, 0.1) is 5.92 Å². The molecule has 0 radical (unpaired) electrons. The number of β-amino-alcohol motifs (C(OH)–C–C–N with tert-alkyl or cyclic N) is 1. The van der Waals surface area contributed by atoms with E-state index in [1.54, 1.807) is 6.34 Å². The van der Waals surface area contributed by atoms with E-state index in [2.05, 4.69) is 28.2 Å². The number of likely N-dealkylation sites (tertiary alicyclic amines) is 1. The van der Waals surface area contributed by atoms with Gasteiger partial charge in [-0.1, -0.05) is 13.0 Å². The highest BCUT2D eigenvalue weighted by Gasteiger charge is 2.33. The molecule has 3 rings (SSSR count). The number of hydrogen-bond acceptors (Lipinski definition) is 6. The maximum absolute atomic E-state index is 10.2. The summed E-state index contributed by atoms with van der Waals surface area (Å²) in [6.07, 6.45) is 4.44. The normalized spacial score (nSPS) is 32.3. The molecule has 0 spiro atoms. The Morgan fingerprint density at radius 2 is 2.38 bits per heavy atom. The van der Waals surface area contributed by atoms with Crippen LogP contribution in [0.5, 0.6) is 0 Å². The highest BCUT2D eigenvalue weighted by Crippen LogP contribution is 2.30. The Labute approximate surface area is 130 Å². The van der Waals surface area contributed by atoms with Crippen LogP contribution in [-0.2, 0) is 0 Å². The van der Waals surface area contributed by atoms with Gasteiger partial charge >= 0.3 is 0 Å². The Morgan fingerprint density at radius 1 is 1.52 bits per heavy atom. The van der Waals surface area contributed by atoms with Gasteiger partial charge < -0.3 is 16.2 Å². The van der Waals surface area contributed by atoms with Crippen molar-refractivity contribution in [1.82, 2.24) is 10.2 Å². The van der Waals surface area contributed by atoms with Gasteiger partial charge in [-0.05, 0) is 29.1 Å². The summed E-state index contributed by atoms with van der Waals surface area (Å²) >= 11 is 1.92. The van der Waals surface area contributed by atoms with Gasteiger partial charge in [-0.25, -0.2) is 0 Å². The Morgan fingerprint density at radius 3 is 3.19 bits per heavy atom. The van der Waals surface area contributed by atoms with Crippen LogP contribution in [0.1, 0.15) is 13.3 Å². The lowest BCUT2D eigenvalue weighted by Crippen LogP contribution is -2.32. The lowest BCUT2D eigenvalue weighted by Gasteiger charge is -2.22. The quantitative estimate of drug-likeness (QED) is 0.691. The molecule has 1 saturated heterocycles. The second-order valence-corrected chi connectivity index (χ2v) is 7.20. The van der Waals surface area contributed by atoms with Gasteiger partial charge in [0.1, 0.15) is 6.17 Å². The zero-order valence-electron chi connectivity index (χ0n) is 12.5. The first-order chi connectivity index (χ1) is 10.2. The van der Waals surface area contributed by atoms with Crippen LogP contribution in [0.4, 0.5) is 0 Å². The van der Waals surface area contributed by atoms with Crippen molar-refractivity contribution in [3.63, 3.8) is 0 Å². The molecule has 3 unspecified atom stereocenters. The summed E-state index contributed by atoms with van der Waals surface area (Å²) in [4.78, 5) is 6.54. The fourth-order valence-electron chi connectivity index (χ4n) is 3.26. The summed E-state index contributed by atoms with van der Waals surface area (Å²) in [6, 6.07) is 0. The van der Waals surface area contributed by atoms with Crippen molar-refractivity contribution >= 4 is 18.1 Å². The molecule has 4 N–H and O–H groups in total. The molecule has 0 bridgehead atoms. The lowest BCUT2D eigenvalue weighted by molar-refractivity contribution is 0.151. The van der Waals surface area contributed by atoms with Gasteiger partial charge in [0.25, 0.3) is 0 Å². The molecule has 0 aromatic carbocycles. The molecule has 3 atom stereocenters. The highest BCUT2D eigenvalue weighted by molar-refractivity contribution is 7.99. The van der Waals surface area contributed by atoms with Gasteiger partial charge in [-0.15, -0.1) is 0 Å². The molecule has 116 valence electrons. The molecule has 0 saturated carbocycles. The Kier molecular flexibility index (Phi) is 4.69. The molecule has 3 aliphatic rings. The summed E-state index contributed by atoms with van der Waals surface area (Å²) < 4.78 is 0. The molecule has 6 heteroatoms. The monoisotopic (exact) mass is 308 g/mol. The van der Waals surface area contributed by atoms with Gasteiger partial charge in [-0.2, -0.15) is 11.8 Å². The fraction of sp³-hybridized carbons (Fsp3) is 0.667. The summed E-state index contributed by atoms with van der Waals surface area (Å²) in [5.41, 5.74) is 9.63. The van der Waals surface area contributed by atoms with E-state index in [0.717, 1.165) is 43.3 Å². The number of nitrogens with two attached hydrogens (primary N) is 1. The molecule has 21 heavy (non-hydrogen) atoms. The minimum atomic E-state index is -0.201. The first kappa shape index (κ1) is 15.1. The number of nitrogens with zero attached hydrogens (tertiary/aromatic N) is 2. The van der Waals surface area contributed by atoms with E-state index < -0.39 is 0 Å². The molecule has 1 aliphatic carbocycles. The molecular weight excluding hydrogens is 284 g/mol. The predicted molar refractivity (Wildman–Crippen MR) is 88.3 cm³/mol. The molecule has 0 amide bonds. The first-order valence-electron chi connectivity index (χ1n) is 7.63. The fourth-order valence-corrected chi connectivity index (χ4v) is 4.12. The summed E-state index contributed by atoms with van der Waals surface area (Å²) in [5.74, 6) is 2.57. The number of aliphatic imine (C=N–C) groups is 1. The van der Waals surface area contributed by atoms with Gasteiger partial charge in [0.15, 0.2) is 0 Å². The number of nitrogens with one attached hydrogen (secondary N) is 1. The third-order valence-electron chi connectivity index (χ3n) is 4.42. The Hall–Kier alpha value is -0.820. The highest BCUT2D eigenvalue weighted by atomic mass is 32.2. The van der Waals surface area contributed by atoms with Crippen molar-refractivity contribution in [3.05, 3.63) is 22.9 Å². The van der Waals surface area contributed by atoms with Crippen LogP contribution in [0.25, 0.3) is 0 Å². The molecule has 5 nitrogen and oxygen atoms in total. The van der Waals surface area contributed by atoms with Crippen LogP contribution >= 0.6 is 11.8 Å². The topological polar surface area (TPSA) is 73.9 Å². The van der Waals surface area contributed by atoms with Crippen molar-refractivity contribution in [3.8, 4) is 0 Å². The van der Waals surface area contributed by atoms with Crippen molar-refractivity contribution in [2.24, 2.45) is 16.6 Å². The van der Waals surface area contributed by atoms with E-state index in [4.69, 9.17) is 5.73 Å². The first-order valence-corrected chi connectivity index (χ1v) is 8.79. The third-order valence-corrected chi connectivity index (χ3v) is 5.50. The summed E-state index contributed by atoms with van der Waals surface area (Å²) in [6.45, 7) is 4.81. The van der Waals surface area contributed by atoms with Crippen molar-refractivity contribution in [1.29, 1.82) is 0 Å². The van der Waals surface area contributed by atoms with Gasteiger partial charge in [0, 0.05) is 31.2 Å². The van der Waals surface area contributed by atoms with Crippen molar-refractivity contribution in [2.75, 3.05) is 31.1 Å². The van der Waals surface area contributed by atoms with Crippen LogP contribution in [0.2, 0.25) is 0 Å². The maximum atomic E-state index is 10.2. The minimum Gasteiger partial charge on any atom is -0.391 e. The van der Waals surface area contributed by atoms with Crippen molar-refractivity contribution in [2.45, 2.75) is 25.6 Å². The lowest BCUT2D eigenvalue weighted by atomic mass is 10.1. The molecule has 1 fully saturated rings. The summed E-state index contributed by atoms with van der Waals surface area (Å²) in [5, 5.41) is 13.4. The zero-order valence-corrected chi connectivity index (χ0v) is 13.3. The minimum absolute atomic E-state index is 0.192. The van der Waals surface area contributed by atoms with Crippen LogP contribution in [-0.4, -0.2) is 59.8 Å². The standard InChI is InChI=1S/C15H24N4OS/c1-2-21-8-11-6-19(7-13(11)20)5-10-3-4-12-14(10)17-9-18-15(12)16/h3,9,11,13,15,20H,2,4-8,16H2,1H3,(H,17,18). The number of hydrogen-bond donors (Lipinski definition) is 3. The predicted octanol–water partition coefficient (Wildman–Crippen LogP) is 0.533. The molecule has 2 heterocycles. The second kappa shape index (κ2) is 6.52. The Balaban J connectivity index is 1.58. The van der Waals surface area contributed by atoms with Crippen LogP contribution < -0.4 is 11.1 Å². The largest absolute Gasteiger partial charge is 0.391 e. The van der Waals surface area contributed by atoms with E-state index in [9.17, 15) is 5.11 Å². The van der Waals surface area contributed by atoms with E-state index in [1.165, 1.54) is 11.1 Å². The summed E-state index contributed by atoms with van der Waals surface area (Å²) in [7, 11) is 0. The van der Waals surface area contributed by atoms with Crippen LogP contribution in [0.3, 0.4) is 0 Å². The van der Waals surface area contributed by atoms with Gasteiger partial charge in [0.05, 0.1) is 12.4 Å². The van der Waals surface area contributed by atoms with Gasteiger partial charge in [0.2, 0.25) is 0 Å². The average molecular weight is 308 g/mol. The smallest absolute Gasteiger partial charge is 0.123 e. The Bertz CT molecular complexity index is 488. The number of allylic oxidation sites excluding steroid dienone is 1. The van der Waals surface area contributed by atoms with E-state index in [0.29, 0.717) is 5.92 Å². The number of rotatable bonds is 5. The number of thioether (sulfide) groups is 1. The van der Waals surface area contributed by atoms with E-state index in [1.807, 2.05) is 11.8 Å². The number of aliphatic hydroxyl groups excluding tert-OH is 1. The molecule has 2 aliphatic heterocycles. The zero-order chi connectivity index (χ0) is 14.8. The van der Waals surface area contributed by atoms with E-state index >= 15 is 0 Å². The molecular formula is C15H24N4OS. The van der Waals surface area contributed by atoms with E-state index in [-0.39, 0.29) is 12.3 Å². The average Bonchev–Trinajstić information content (AvgIpc) is 3.02. The third kappa shape index (κ3) is 3.18. The SMILES string of the molecule is CCSCC1CN(CC2=CCC3=C2NC=NC3N)CC1O. The maximum Gasteiger partial charge on any atom is 0.123 e. The number of aliphatic hydroxyl groups is 1. The molecule has 0 aromatic heterocycles. The van der Waals surface area contributed by atoms with Crippen molar-refractivity contribution < 1.29 is 5.11 Å². The second-order valence-electron chi connectivity index (χ2n) is 5.88. The van der Waals surface area contributed by atoms with Gasteiger partial charge in [-0.3, -0.25) is 9.89 Å². The van der Waals surface area contributed by atoms with Crippen LogP contribution in [0.15, 0.2) is 27.9 Å². The molecule has 0 aromatic rings.